The van der Waals surface area contributed by atoms with Crippen LogP contribution in [-0.4, -0.2) is 76.4 Å². The van der Waals surface area contributed by atoms with E-state index in [2.05, 4.69) is 21.9 Å². The molecule has 1 aromatic heterocycles. The van der Waals surface area contributed by atoms with Gasteiger partial charge in [-0.1, -0.05) is 12.1 Å². The number of likely N-dealkylation sites (N-methyl/N-ethyl adjacent to an activating group) is 2. The monoisotopic (exact) mass is 385 g/mol. The second kappa shape index (κ2) is 9.56. The Morgan fingerprint density at radius 1 is 1.29 bits per heavy atom. The lowest BCUT2D eigenvalue weighted by atomic mass is 10.1. The number of hydrogen-bond donors (Lipinski definition) is 2. The van der Waals surface area contributed by atoms with Crippen LogP contribution in [0.25, 0.3) is 11.3 Å². The van der Waals surface area contributed by atoms with Gasteiger partial charge in [-0.25, -0.2) is 4.98 Å². The maximum absolute atomic E-state index is 12.6. The predicted octanol–water partition coefficient (Wildman–Crippen LogP) is 0.719. The SMILES string of the molecule is CN1CCC(N(C)C(=O)c2ccc(-c3cncc(C(N)=O)n3)cc2)C1.O=CO. The van der Waals surface area contributed by atoms with Crippen molar-refractivity contribution < 1.29 is 19.5 Å². The molecule has 1 unspecified atom stereocenters. The van der Waals surface area contributed by atoms with Crippen LogP contribution >= 0.6 is 0 Å². The highest BCUT2D eigenvalue weighted by atomic mass is 16.3. The van der Waals surface area contributed by atoms with E-state index in [1.165, 1.54) is 6.20 Å². The molecule has 28 heavy (non-hydrogen) atoms. The van der Waals surface area contributed by atoms with Crippen molar-refractivity contribution in [2.45, 2.75) is 12.5 Å². The van der Waals surface area contributed by atoms with Crippen LogP contribution in [0.1, 0.15) is 27.3 Å². The summed E-state index contributed by atoms with van der Waals surface area (Å²) in [6, 6.07) is 7.39. The van der Waals surface area contributed by atoms with Crippen molar-refractivity contribution in [2.75, 3.05) is 27.2 Å². The second-order valence-corrected chi connectivity index (χ2v) is 6.46. The van der Waals surface area contributed by atoms with Gasteiger partial charge in [-0.05, 0) is 32.1 Å². The van der Waals surface area contributed by atoms with E-state index in [1.54, 1.807) is 30.5 Å². The number of benzene rings is 1. The lowest BCUT2D eigenvalue weighted by molar-refractivity contribution is -0.122. The molecule has 0 bridgehead atoms. The summed E-state index contributed by atoms with van der Waals surface area (Å²) < 4.78 is 0. The second-order valence-electron chi connectivity index (χ2n) is 6.46. The van der Waals surface area contributed by atoms with E-state index < -0.39 is 5.91 Å². The summed E-state index contributed by atoms with van der Waals surface area (Å²) >= 11 is 0. The van der Waals surface area contributed by atoms with Crippen LogP contribution in [0.4, 0.5) is 0 Å². The Bertz CT molecular complexity index is 840. The third-order valence-electron chi connectivity index (χ3n) is 4.55. The van der Waals surface area contributed by atoms with E-state index in [0.29, 0.717) is 11.3 Å². The summed E-state index contributed by atoms with van der Waals surface area (Å²) in [5.74, 6) is -0.617. The van der Waals surface area contributed by atoms with Crippen LogP contribution in [0.5, 0.6) is 0 Å². The average Bonchev–Trinajstić information content (AvgIpc) is 3.14. The molecule has 3 N–H and O–H groups in total. The molecule has 1 atom stereocenters. The fourth-order valence-corrected chi connectivity index (χ4v) is 3.00. The van der Waals surface area contributed by atoms with Crippen molar-refractivity contribution in [2.24, 2.45) is 5.73 Å². The molecular weight excluding hydrogens is 362 g/mol. The summed E-state index contributed by atoms with van der Waals surface area (Å²) in [7, 11) is 3.91. The number of carboxylic acid groups (broad SMARTS) is 1. The summed E-state index contributed by atoms with van der Waals surface area (Å²) in [4.78, 5) is 44.4. The van der Waals surface area contributed by atoms with Gasteiger partial charge in [0.15, 0.2) is 0 Å². The number of nitrogens with two attached hydrogens (primary N) is 1. The molecule has 3 rings (SSSR count). The summed E-state index contributed by atoms with van der Waals surface area (Å²) in [5.41, 5.74) is 7.29. The Morgan fingerprint density at radius 2 is 1.93 bits per heavy atom. The molecule has 2 aromatic rings. The maximum atomic E-state index is 12.6. The van der Waals surface area contributed by atoms with Gasteiger partial charge in [0.25, 0.3) is 18.3 Å². The largest absolute Gasteiger partial charge is 0.483 e. The van der Waals surface area contributed by atoms with E-state index in [0.717, 1.165) is 25.1 Å². The molecule has 1 saturated heterocycles. The van der Waals surface area contributed by atoms with Crippen LogP contribution < -0.4 is 5.73 Å². The van der Waals surface area contributed by atoms with Gasteiger partial charge in [0, 0.05) is 30.8 Å². The zero-order valence-electron chi connectivity index (χ0n) is 15.8. The lowest BCUT2D eigenvalue weighted by Gasteiger charge is -2.24. The number of nitrogens with zero attached hydrogens (tertiary/aromatic N) is 4. The molecule has 2 heterocycles. The molecule has 0 spiro atoms. The number of amides is 2. The van der Waals surface area contributed by atoms with Gasteiger partial charge in [0.1, 0.15) is 5.69 Å². The van der Waals surface area contributed by atoms with E-state index in [1.807, 2.05) is 11.9 Å². The number of carbonyl (C=O) groups excluding carboxylic acids is 2. The molecule has 148 valence electrons. The van der Waals surface area contributed by atoms with Crippen molar-refractivity contribution in [3.05, 3.63) is 47.9 Å². The van der Waals surface area contributed by atoms with Crippen LogP contribution in [0.15, 0.2) is 36.7 Å². The quantitative estimate of drug-likeness (QED) is 0.742. The Labute approximate surface area is 162 Å². The molecule has 0 aliphatic carbocycles. The lowest BCUT2D eigenvalue weighted by Crippen LogP contribution is -2.38. The fraction of sp³-hybridized carbons (Fsp3) is 0.316. The first-order valence-corrected chi connectivity index (χ1v) is 8.63. The molecule has 2 amide bonds. The maximum Gasteiger partial charge on any atom is 0.290 e. The molecule has 0 saturated carbocycles. The Kier molecular flexibility index (Phi) is 7.16. The van der Waals surface area contributed by atoms with Crippen molar-refractivity contribution in [1.29, 1.82) is 0 Å². The van der Waals surface area contributed by atoms with Gasteiger partial charge in [-0.3, -0.25) is 19.4 Å². The number of likely N-dealkylation sites (tertiary alicyclic amines) is 1. The highest BCUT2D eigenvalue weighted by Crippen LogP contribution is 2.19. The molecule has 0 radical (unpaired) electrons. The zero-order valence-corrected chi connectivity index (χ0v) is 15.8. The van der Waals surface area contributed by atoms with Crippen LogP contribution in [-0.2, 0) is 4.79 Å². The number of carbonyl (C=O) groups is 3. The van der Waals surface area contributed by atoms with Gasteiger partial charge < -0.3 is 20.6 Å². The van der Waals surface area contributed by atoms with Gasteiger partial charge in [0.05, 0.1) is 18.1 Å². The van der Waals surface area contributed by atoms with E-state index >= 15 is 0 Å². The molecule has 1 aliphatic rings. The van der Waals surface area contributed by atoms with Crippen molar-refractivity contribution in [3.8, 4) is 11.3 Å². The average molecular weight is 385 g/mol. The minimum Gasteiger partial charge on any atom is -0.483 e. The topological polar surface area (TPSA) is 130 Å². The van der Waals surface area contributed by atoms with Crippen LogP contribution in [0.3, 0.4) is 0 Å². The van der Waals surface area contributed by atoms with Gasteiger partial charge in [-0.15, -0.1) is 0 Å². The highest BCUT2D eigenvalue weighted by molar-refractivity contribution is 5.95. The predicted molar refractivity (Wildman–Crippen MR) is 103 cm³/mol. The third kappa shape index (κ3) is 5.10. The van der Waals surface area contributed by atoms with E-state index in [9.17, 15) is 9.59 Å². The number of rotatable bonds is 4. The Hall–Kier alpha value is -3.33. The minimum absolute atomic E-state index is 0.00354. The smallest absolute Gasteiger partial charge is 0.290 e. The highest BCUT2D eigenvalue weighted by Gasteiger charge is 2.26. The number of hydrogen-bond acceptors (Lipinski definition) is 6. The molecule has 9 nitrogen and oxygen atoms in total. The van der Waals surface area contributed by atoms with Crippen LogP contribution in [0, 0.1) is 0 Å². The van der Waals surface area contributed by atoms with Crippen molar-refractivity contribution in [3.63, 3.8) is 0 Å². The normalized spacial score (nSPS) is 16.0. The summed E-state index contributed by atoms with van der Waals surface area (Å²) in [5, 5.41) is 6.89. The number of primary amides is 1. The van der Waals surface area contributed by atoms with Crippen molar-refractivity contribution >= 4 is 18.3 Å². The molecule has 1 fully saturated rings. The van der Waals surface area contributed by atoms with Gasteiger partial charge in [-0.2, -0.15) is 0 Å². The zero-order chi connectivity index (χ0) is 20.7. The van der Waals surface area contributed by atoms with E-state index in [4.69, 9.17) is 15.6 Å². The molecule has 9 heteroatoms. The minimum atomic E-state index is -0.621. The van der Waals surface area contributed by atoms with Gasteiger partial charge in [0.2, 0.25) is 0 Å². The number of aromatic nitrogens is 2. The first-order valence-electron chi connectivity index (χ1n) is 8.63. The standard InChI is InChI=1S/C18H21N5O2.CH2O2/c1-22-8-7-14(11-22)23(2)18(25)13-5-3-12(4-6-13)15-9-20-10-16(21-15)17(19)24;2-1-3/h3-6,9-10,14H,7-8,11H2,1-2H3,(H2,19,24);1H,(H,2,3). The summed E-state index contributed by atoms with van der Waals surface area (Å²) in [6.07, 6.45) is 3.88. The summed E-state index contributed by atoms with van der Waals surface area (Å²) in [6.45, 7) is 1.66. The molecular formula is C19H23N5O4. The molecule has 1 aromatic carbocycles. The Balaban J connectivity index is 0.000000878. The van der Waals surface area contributed by atoms with Crippen molar-refractivity contribution in [1.82, 2.24) is 19.8 Å². The fourth-order valence-electron chi connectivity index (χ4n) is 3.00. The molecule has 1 aliphatic heterocycles. The Morgan fingerprint density at radius 3 is 2.46 bits per heavy atom. The van der Waals surface area contributed by atoms with Crippen LogP contribution in [0.2, 0.25) is 0 Å². The van der Waals surface area contributed by atoms with Gasteiger partial charge >= 0.3 is 0 Å². The first-order chi connectivity index (χ1) is 13.4. The third-order valence-corrected chi connectivity index (χ3v) is 4.55. The first kappa shape index (κ1) is 21.0. The van der Waals surface area contributed by atoms with E-state index in [-0.39, 0.29) is 24.1 Å².